The molecule has 0 heterocycles. The zero-order valence-electron chi connectivity index (χ0n) is 52.4. The van der Waals surface area contributed by atoms with Gasteiger partial charge >= 0.3 is 6.80 Å². The zero-order valence-corrected chi connectivity index (χ0v) is 54.1. The molecule has 0 saturated heterocycles. The molecule has 0 aliphatic rings. The van der Waals surface area contributed by atoms with E-state index < -0.39 is 6.80 Å². The molecule has 3 aromatic carbocycles. The molecule has 0 N–H and O–H groups in total. The molecule has 0 fully saturated rings. The van der Waals surface area contributed by atoms with Crippen molar-refractivity contribution in [2.45, 2.75) is 356 Å². The van der Waals surface area contributed by atoms with Gasteiger partial charge in [-0.1, -0.05) is 254 Å². The van der Waals surface area contributed by atoms with Gasteiger partial charge in [0.1, 0.15) is 11.5 Å². The predicted octanol–water partition coefficient (Wildman–Crippen LogP) is 25.2. The molecule has 0 atom stereocenters. The molecule has 0 unspecified atom stereocenters. The molecule has 3 nitrogen and oxygen atoms in total. The fourth-order valence-corrected chi connectivity index (χ4v) is 15.5. The highest BCUT2D eigenvalue weighted by molar-refractivity contribution is 8.55. The van der Waals surface area contributed by atoms with Gasteiger partial charge in [0.2, 0.25) is 0 Å². The van der Waals surface area contributed by atoms with Crippen LogP contribution < -0.4 is 9.05 Å². The van der Waals surface area contributed by atoms with E-state index in [9.17, 15) is 0 Å². The van der Waals surface area contributed by atoms with Crippen LogP contribution in [0.1, 0.15) is 344 Å². The Morgan fingerprint density at radius 3 is 0.792 bits per heavy atom. The van der Waals surface area contributed by atoms with Gasteiger partial charge in [-0.2, -0.15) is 0 Å². The molecule has 0 aliphatic carbocycles. The van der Waals surface area contributed by atoms with Crippen molar-refractivity contribution in [3.8, 4) is 11.5 Å². The van der Waals surface area contributed by atoms with Crippen LogP contribution in [0.15, 0.2) is 41.3 Å². The summed E-state index contributed by atoms with van der Waals surface area (Å²) in [6.07, 6.45) is 53.9. The maximum absolute atomic E-state index is 17.0. The second-order valence-corrected chi connectivity index (χ2v) is 27.3. The Balaban J connectivity index is 2.46. The van der Waals surface area contributed by atoms with E-state index in [1.54, 1.807) is 5.56 Å². The fraction of sp³-hybridized carbons (Fsp3) is 0.750. The Morgan fingerprint density at radius 1 is 0.273 bits per heavy atom. The average molecular weight is 1100 g/mol. The molecule has 0 bridgehead atoms. The van der Waals surface area contributed by atoms with Crippen molar-refractivity contribution in [3.63, 3.8) is 0 Å². The van der Waals surface area contributed by atoms with Gasteiger partial charge < -0.3 is 9.05 Å². The molecule has 3 aromatic rings. The summed E-state index contributed by atoms with van der Waals surface area (Å²) in [6, 6.07) is 14.0. The van der Waals surface area contributed by atoms with Crippen LogP contribution in [-0.4, -0.2) is 0 Å². The molecule has 0 aliphatic heterocycles. The number of unbranched alkanes of at least 4 members (excludes halogenated alkanes) is 27. The smallest absolute Gasteiger partial charge is 0.408 e. The van der Waals surface area contributed by atoms with Crippen molar-refractivity contribution in [1.29, 1.82) is 0 Å². The second kappa shape index (κ2) is 44.5. The number of hydrogen-bond donors (Lipinski definition) is 0. The fourth-order valence-electron chi connectivity index (χ4n) is 11.9. The zero-order chi connectivity index (χ0) is 55.6. The largest absolute Gasteiger partial charge is 0.497 e. The SMILES string of the molecule is CCCCCCc1ccc(OP(=O)(Oc2ccc(CCCCCC)c(CCCCCC)c2CCCCCC)Sc2ccc(CCCCCC)c(CCCCCC)c2CCCCCC)c(CCCCCC)c1CCCCCC. The van der Waals surface area contributed by atoms with Gasteiger partial charge in [0.05, 0.1) is 0 Å². The minimum Gasteiger partial charge on any atom is -0.408 e. The highest BCUT2D eigenvalue weighted by atomic mass is 32.7. The average Bonchev–Trinajstić information content (AvgIpc) is 3.44. The van der Waals surface area contributed by atoms with Crippen LogP contribution in [0.2, 0.25) is 0 Å². The highest BCUT2D eigenvalue weighted by Crippen LogP contribution is 2.64. The minimum atomic E-state index is -3.99. The van der Waals surface area contributed by atoms with E-state index in [1.807, 2.05) is 0 Å². The van der Waals surface area contributed by atoms with Crippen molar-refractivity contribution in [2.75, 3.05) is 0 Å². The maximum Gasteiger partial charge on any atom is 0.497 e. The van der Waals surface area contributed by atoms with Gasteiger partial charge in [0.25, 0.3) is 0 Å². The first-order valence-corrected chi connectivity index (χ1v) is 36.8. The summed E-state index contributed by atoms with van der Waals surface area (Å²) >= 11 is 1.47. The molecule has 0 amide bonds. The van der Waals surface area contributed by atoms with Crippen LogP contribution in [0.4, 0.5) is 0 Å². The molecule has 0 aromatic heterocycles. The Kier molecular flexibility index (Phi) is 39.9. The van der Waals surface area contributed by atoms with Crippen molar-refractivity contribution in [2.24, 2.45) is 0 Å². The number of rotatable bonds is 51. The third-order valence-corrected chi connectivity index (χ3v) is 20.0. The van der Waals surface area contributed by atoms with Crippen LogP contribution in [0.25, 0.3) is 0 Å². The number of hydrogen-bond acceptors (Lipinski definition) is 4. The molecule has 0 radical (unpaired) electrons. The lowest BCUT2D eigenvalue weighted by molar-refractivity contribution is 0.402. The first kappa shape index (κ1) is 69.1. The van der Waals surface area contributed by atoms with Gasteiger partial charge in [0.15, 0.2) is 0 Å². The molecule has 5 heteroatoms. The lowest BCUT2D eigenvalue weighted by Crippen LogP contribution is -2.09. The molecule has 0 spiro atoms. The van der Waals surface area contributed by atoms with Crippen molar-refractivity contribution < 1.29 is 13.6 Å². The van der Waals surface area contributed by atoms with Crippen molar-refractivity contribution in [1.82, 2.24) is 0 Å². The van der Waals surface area contributed by atoms with Gasteiger partial charge in [-0.3, -0.25) is 0 Å². The lowest BCUT2D eigenvalue weighted by atomic mass is 9.89. The summed E-state index contributed by atoms with van der Waals surface area (Å²) in [5.41, 5.74) is 13.1. The Labute approximate surface area is 483 Å². The molecular weight excluding hydrogens is 976 g/mol. The van der Waals surface area contributed by atoms with Gasteiger partial charge in [-0.05, 0) is 184 Å². The molecule has 0 saturated carbocycles. The highest BCUT2D eigenvalue weighted by Gasteiger charge is 2.35. The van der Waals surface area contributed by atoms with Crippen molar-refractivity contribution in [3.05, 3.63) is 86.5 Å². The number of aryl methyl sites for hydroxylation is 3. The third-order valence-electron chi connectivity index (χ3n) is 16.7. The normalized spacial score (nSPS) is 11.8. The summed E-state index contributed by atoms with van der Waals surface area (Å²) in [4.78, 5) is 1.13. The van der Waals surface area contributed by atoms with E-state index in [0.717, 1.165) is 93.4 Å². The van der Waals surface area contributed by atoms with Crippen LogP contribution >= 0.6 is 18.2 Å². The summed E-state index contributed by atoms with van der Waals surface area (Å²) in [7, 11) is 0. The predicted molar refractivity (Wildman–Crippen MR) is 345 cm³/mol. The maximum atomic E-state index is 17.0. The molecular formula is C72H123O3PS. The van der Waals surface area contributed by atoms with Crippen LogP contribution in [0, 0.1) is 0 Å². The first-order chi connectivity index (χ1) is 37.8. The Morgan fingerprint density at radius 2 is 0.506 bits per heavy atom. The summed E-state index contributed by atoms with van der Waals surface area (Å²) < 4.78 is 32.1. The van der Waals surface area contributed by atoms with E-state index >= 15 is 4.57 Å². The molecule has 440 valence electrons. The van der Waals surface area contributed by atoms with Gasteiger partial charge in [-0.15, -0.1) is 0 Å². The van der Waals surface area contributed by atoms with E-state index in [-0.39, 0.29) is 0 Å². The van der Waals surface area contributed by atoms with Crippen LogP contribution in [-0.2, 0) is 62.4 Å². The first-order valence-electron chi connectivity index (χ1n) is 33.9. The van der Waals surface area contributed by atoms with Gasteiger partial charge in [0, 0.05) is 16.3 Å². The van der Waals surface area contributed by atoms with Gasteiger partial charge in [-0.25, -0.2) is 4.57 Å². The topological polar surface area (TPSA) is 35.5 Å². The molecule has 77 heavy (non-hydrogen) atoms. The minimum absolute atomic E-state index is 0.814. The standard InChI is InChI=1S/C72H123O3PS/c1-10-19-28-37-46-61-55-58-70(67(52-43-34-25-16-7)64(61)49-40-31-22-13-4)74-76(73,75-71-59-56-62(47-38-29-20-11-2)65(50-41-32-23-14-5)68(71)53-44-35-26-17-8)77-72-60-57-63(48-39-30-21-12-3)66(51-42-33-24-15-6)69(72)54-45-36-27-18-9/h55-60H,10-54H2,1-9H3. The quantitative estimate of drug-likeness (QED) is 0.0417. The third kappa shape index (κ3) is 27.4. The Bertz CT molecular complexity index is 1760. The monoisotopic (exact) mass is 1100 g/mol. The summed E-state index contributed by atoms with van der Waals surface area (Å²) in [6.45, 7) is 16.9. The number of benzene rings is 3. The van der Waals surface area contributed by atoms with E-state index in [4.69, 9.17) is 9.05 Å². The summed E-state index contributed by atoms with van der Waals surface area (Å²) in [5, 5.41) is 0. The van der Waals surface area contributed by atoms with E-state index in [1.165, 1.54) is 268 Å². The summed E-state index contributed by atoms with van der Waals surface area (Å²) in [5.74, 6) is 1.63. The van der Waals surface area contributed by atoms with E-state index in [0.29, 0.717) is 0 Å². The van der Waals surface area contributed by atoms with E-state index in [2.05, 4.69) is 98.7 Å². The lowest BCUT2D eigenvalue weighted by Gasteiger charge is -2.27. The van der Waals surface area contributed by atoms with Crippen molar-refractivity contribution >= 4 is 18.2 Å². The second-order valence-electron chi connectivity index (χ2n) is 23.6. The molecule has 3 rings (SSSR count). The van der Waals surface area contributed by atoms with Crippen LogP contribution in [0.5, 0.6) is 11.5 Å². The Hall–Kier alpha value is -2.16. The van der Waals surface area contributed by atoms with Crippen LogP contribution in [0.3, 0.4) is 0 Å².